The van der Waals surface area contributed by atoms with E-state index < -0.39 is 6.04 Å². The molecule has 2 aromatic rings. The van der Waals surface area contributed by atoms with Crippen LogP contribution in [0.5, 0.6) is 11.5 Å². The molecule has 2 aliphatic rings. The molecule has 4 rings (SSSR count). The molecule has 0 radical (unpaired) electrons. The third-order valence-electron chi connectivity index (χ3n) is 5.20. The molecule has 2 saturated heterocycles. The molecule has 2 aliphatic heterocycles. The second kappa shape index (κ2) is 7.33. The highest BCUT2D eigenvalue weighted by Gasteiger charge is 2.52. The highest BCUT2D eigenvalue weighted by atomic mass is 35.5. The van der Waals surface area contributed by atoms with Gasteiger partial charge in [0.05, 0.1) is 10.6 Å². The van der Waals surface area contributed by atoms with E-state index >= 15 is 0 Å². The van der Waals surface area contributed by atoms with E-state index in [1.807, 2.05) is 38.1 Å². The van der Waals surface area contributed by atoms with Gasteiger partial charge in [-0.2, -0.15) is 0 Å². The van der Waals surface area contributed by atoms with Crippen LogP contribution in [0.25, 0.3) is 0 Å². The lowest BCUT2D eigenvalue weighted by atomic mass is 10.2. The van der Waals surface area contributed by atoms with Crippen molar-refractivity contribution < 1.29 is 14.3 Å². The predicted molar refractivity (Wildman–Crippen MR) is 112 cm³/mol. The van der Waals surface area contributed by atoms with Gasteiger partial charge in [0.25, 0.3) is 0 Å². The first kappa shape index (κ1) is 19.2. The van der Waals surface area contributed by atoms with Crippen molar-refractivity contribution in [3.63, 3.8) is 0 Å². The Hall–Kier alpha value is -2.18. The third-order valence-corrected chi connectivity index (χ3v) is 6.94. The largest absolute Gasteiger partial charge is 0.455 e. The number of aryl methyl sites for hydroxylation is 1. The standard InChI is InChI=1S/C21H21ClN2O3S/c1-13-3-6-15(7-4-13)27-18-8-5-14(22)11-16(18)23-20(26)17-12-28-21(2)10-9-19(25)24(17)21/h3-8,11,17H,9-10,12H2,1-2H3,(H,23,26). The normalized spacial score (nSPS) is 23.6. The first-order valence-corrected chi connectivity index (χ1v) is 10.5. The molecular weight excluding hydrogens is 396 g/mol. The van der Waals surface area contributed by atoms with E-state index in [9.17, 15) is 9.59 Å². The molecule has 2 atom stereocenters. The van der Waals surface area contributed by atoms with Crippen molar-refractivity contribution in [2.45, 2.75) is 37.6 Å². The number of nitrogens with zero attached hydrogens (tertiary/aromatic N) is 1. The molecule has 2 heterocycles. The van der Waals surface area contributed by atoms with Gasteiger partial charge < -0.3 is 15.0 Å². The zero-order valence-corrected chi connectivity index (χ0v) is 17.3. The van der Waals surface area contributed by atoms with Crippen molar-refractivity contribution >= 4 is 40.9 Å². The molecule has 2 fully saturated rings. The number of fused-ring (bicyclic) bond motifs is 1. The van der Waals surface area contributed by atoms with Crippen molar-refractivity contribution in [2.75, 3.05) is 11.1 Å². The summed E-state index contributed by atoms with van der Waals surface area (Å²) in [6.07, 6.45) is 1.27. The first-order valence-electron chi connectivity index (χ1n) is 9.17. The lowest BCUT2D eigenvalue weighted by Crippen LogP contribution is -2.48. The number of halogens is 1. The number of rotatable bonds is 4. The lowest BCUT2D eigenvalue weighted by Gasteiger charge is -2.30. The van der Waals surface area contributed by atoms with E-state index in [0.29, 0.717) is 34.4 Å². The van der Waals surface area contributed by atoms with Crippen LogP contribution >= 0.6 is 23.4 Å². The average Bonchev–Trinajstić information content (AvgIpc) is 3.15. The van der Waals surface area contributed by atoms with Crippen LogP contribution in [0.15, 0.2) is 42.5 Å². The summed E-state index contributed by atoms with van der Waals surface area (Å²) >= 11 is 7.81. The minimum absolute atomic E-state index is 0.0369. The minimum atomic E-state index is -0.490. The van der Waals surface area contributed by atoms with Crippen LogP contribution < -0.4 is 10.1 Å². The number of benzene rings is 2. The molecule has 2 aromatic carbocycles. The van der Waals surface area contributed by atoms with Gasteiger partial charge >= 0.3 is 0 Å². The summed E-state index contributed by atoms with van der Waals surface area (Å²) in [6.45, 7) is 4.03. The van der Waals surface area contributed by atoms with Crippen LogP contribution in [0.1, 0.15) is 25.3 Å². The molecule has 0 saturated carbocycles. The summed E-state index contributed by atoms with van der Waals surface area (Å²) in [4.78, 5) is 26.7. The van der Waals surface area contributed by atoms with Gasteiger partial charge in [0, 0.05) is 17.2 Å². The van der Waals surface area contributed by atoms with Crippen LogP contribution in [0.2, 0.25) is 5.02 Å². The number of carbonyl (C=O) groups is 2. The van der Waals surface area contributed by atoms with Crippen molar-refractivity contribution in [1.82, 2.24) is 4.90 Å². The van der Waals surface area contributed by atoms with Crippen molar-refractivity contribution in [3.05, 3.63) is 53.1 Å². The van der Waals surface area contributed by atoms with Gasteiger partial charge in [0.15, 0.2) is 5.75 Å². The Morgan fingerprint density at radius 1 is 1.29 bits per heavy atom. The molecule has 28 heavy (non-hydrogen) atoms. The Labute approximate surface area is 173 Å². The second-order valence-electron chi connectivity index (χ2n) is 7.31. The molecule has 5 nitrogen and oxygen atoms in total. The van der Waals surface area contributed by atoms with Gasteiger partial charge in [0.2, 0.25) is 11.8 Å². The van der Waals surface area contributed by atoms with E-state index in [-0.39, 0.29) is 16.7 Å². The van der Waals surface area contributed by atoms with Crippen LogP contribution in [0, 0.1) is 6.92 Å². The Kier molecular flexibility index (Phi) is 5.02. The summed E-state index contributed by atoms with van der Waals surface area (Å²) < 4.78 is 5.95. The molecule has 2 unspecified atom stereocenters. The summed E-state index contributed by atoms with van der Waals surface area (Å²) in [5.74, 6) is 1.57. The van der Waals surface area contributed by atoms with Crippen LogP contribution in [-0.4, -0.2) is 33.4 Å². The summed E-state index contributed by atoms with van der Waals surface area (Å²) in [5, 5.41) is 3.41. The highest BCUT2D eigenvalue weighted by molar-refractivity contribution is 8.01. The fourth-order valence-corrected chi connectivity index (χ4v) is 5.26. The molecule has 0 aliphatic carbocycles. The first-order chi connectivity index (χ1) is 13.4. The number of thioether (sulfide) groups is 1. The maximum atomic E-state index is 13.0. The Balaban J connectivity index is 1.56. The minimum Gasteiger partial charge on any atom is -0.455 e. The molecule has 7 heteroatoms. The van der Waals surface area contributed by atoms with Gasteiger partial charge in [-0.3, -0.25) is 9.59 Å². The van der Waals surface area contributed by atoms with Gasteiger partial charge in [-0.15, -0.1) is 11.8 Å². The second-order valence-corrected chi connectivity index (χ2v) is 9.25. The third kappa shape index (κ3) is 3.59. The Morgan fingerprint density at radius 2 is 2.04 bits per heavy atom. The quantitative estimate of drug-likeness (QED) is 0.775. The molecular formula is C21H21ClN2O3S. The van der Waals surface area contributed by atoms with E-state index in [4.69, 9.17) is 16.3 Å². The number of amides is 2. The fourth-order valence-electron chi connectivity index (χ4n) is 3.65. The summed E-state index contributed by atoms with van der Waals surface area (Å²) in [7, 11) is 0. The van der Waals surface area contributed by atoms with Gasteiger partial charge in [-0.25, -0.2) is 0 Å². The van der Waals surface area contributed by atoms with Crippen LogP contribution in [0.3, 0.4) is 0 Å². The number of hydrogen-bond donors (Lipinski definition) is 1. The molecule has 1 N–H and O–H groups in total. The molecule has 2 amide bonds. The SMILES string of the molecule is Cc1ccc(Oc2ccc(Cl)cc2NC(=O)C2CSC3(C)CCC(=O)N23)cc1. The van der Waals surface area contributed by atoms with Crippen molar-refractivity contribution in [3.8, 4) is 11.5 Å². The highest BCUT2D eigenvalue weighted by Crippen LogP contribution is 2.47. The fraction of sp³-hybridized carbons (Fsp3) is 0.333. The predicted octanol–water partition coefficient (Wildman–Crippen LogP) is 4.83. The van der Waals surface area contributed by atoms with Crippen LogP contribution in [-0.2, 0) is 9.59 Å². The number of hydrogen-bond acceptors (Lipinski definition) is 4. The number of carbonyl (C=O) groups excluding carboxylic acids is 2. The number of anilines is 1. The van der Waals surface area contributed by atoms with Crippen molar-refractivity contribution in [1.29, 1.82) is 0 Å². The molecule has 0 spiro atoms. The van der Waals surface area contributed by atoms with E-state index in [0.717, 1.165) is 12.0 Å². The number of ether oxygens (including phenoxy) is 1. The zero-order valence-electron chi connectivity index (χ0n) is 15.7. The van der Waals surface area contributed by atoms with Crippen LogP contribution in [0.4, 0.5) is 5.69 Å². The monoisotopic (exact) mass is 416 g/mol. The van der Waals surface area contributed by atoms with Gasteiger partial charge in [-0.1, -0.05) is 29.3 Å². The lowest BCUT2D eigenvalue weighted by molar-refractivity contribution is -0.135. The maximum Gasteiger partial charge on any atom is 0.248 e. The molecule has 0 bridgehead atoms. The summed E-state index contributed by atoms with van der Waals surface area (Å²) in [5.41, 5.74) is 1.62. The van der Waals surface area contributed by atoms with E-state index in [1.165, 1.54) is 0 Å². The molecule has 0 aromatic heterocycles. The maximum absolute atomic E-state index is 13.0. The van der Waals surface area contributed by atoms with E-state index in [2.05, 4.69) is 5.32 Å². The summed E-state index contributed by atoms with van der Waals surface area (Å²) in [6, 6.07) is 12.3. The molecule has 146 valence electrons. The Morgan fingerprint density at radius 3 is 2.79 bits per heavy atom. The van der Waals surface area contributed by atoms with Gasteiger partial charge in [-0.05, 0) is 50.6 Å². The zero-order chi connectivity index (χ0) is 19.9. The number of nitrogens with one attached hydrogen (secondary N) is 1. The topological polar surface area (TPSA) is 58.6 Å². The Bertz CT molecular complexity index is 934. The average molecular weight is 417 g/mol. The smallest absolute Gasteiger partial charge is 0.248 e. The van der Waals surface area contributed by atoms with Gasteiger partial charge in [0.1, 0.15) is 11.8 Å². The van der Waals surface area contributed by atoms with E-state index in [1.54, 1.807) is 34.9 Å². The van der Waals surface area contributed by atoms with Crippen molar-refractivity contribution in [2.24, 2.45) is 0 Å².